The summed E-state index contributed by atoms with van der Waals surface area (Å²) in [5.74, 6) is -0.264. The summed E-state index contributed by atoms with van der Waals surface area (Å²) in [6.07, 6.45) is 1.83. The van der Waals surface area contributed by atoms with Gasteiger partial charge in [0.2, 0.25) is 10.0 Å². The van der Waals surface area contributed by atoms with Crippen LogP contribution in [-0.4, -0.2) is 38.7 Å². The van der Waals surface area contributed by atoms with Crippen LogP contribution in [0.15, 0.2) is 45.9 Å². The van der Waals surface area contributed by atoms with Gasteiger partial charge in [0.05, 0.1) is 11.5 Å². The molecule has 0 spiro atoms. The molecule has 26 heavy (non-hydrogen) atoms. The summed E-state index contributed by atoms with van der Waals surface area (Å²) in [5, 5.41) is 2.77. The second kappa shape index (κ2) is 8.81. The Bertz CT molecular complexity index is 863. The smallest absolute Gasteiger partial charge is 0.272 e. The maximum absolute atomic E-state index is 12.4. The molecule has 0 fully saturated rings. The molecule has 0 saturated carbocycles. The van der Waals surface area contributed by atoms with Crippen LogP contribution in [0.25, 0.3) is 0 Å². The van der Waals surface area contributed by atoms with Crippen LogP contribution >= 0.6 is 15.9 Å². The van der Waals surface area contributed by atoms with Crippen molar-refractivity contribution in [3.05, 3.63) is 46.7 Å². The molecule has 0 bridgehead atoms. The second-order valence-corrected chi connectivity index (χ2v) is 8.42. The van der Waals surface area contributed by atoms with Crippen molar-refractivity contribution in [1.82, 2.24) is 9.29 Å². The van der Waals surface area contributed by atoms with Crippen LogP contribution in [0, 0.1) is 0 Å². The van der Waals surface area contributed by atoms with Gasteiger partial charge in [-0.25, -0.2) is 13.1 Å². The molecule has 0 aliphatic heterocycles. The summed E-state index contributed by atoms with van der Waals surface area (Å²) < 4.78 is 34.7. The maximum Gasteiger partial charge on any atom is 0.272 e. The van der Waals surface area contributed by atoms with Crippen LogP contribution in [-0.2, 0) is 21.3 Å². The van der Waals surface area contributed by atoms with E-state index in [2.05, 4.69) is 26.0 Å². The lowest BCUT2D eigenvalue weighted by atomic mass is 10.3. The van der Waals surface area contributed by atoms with Crippen molar-refractivity contribution in [2.24, 2.45) is 0 Å². The minimum atomic E-state index is -3.64. The Morgan fingerprint density at radius 1 is 1.31 bits per heavy atom. The van der Waals surface area contributed by atoms with Crippen LogP contribution in [0.1, 0.15) is 24.3 Å². The van der Waals surface area contributed by atoms with Gasteiger partial charge in [-0.05, 0) is 60.1 Å². The highest BCUT2D eigenvalue weighted by molar-refractivity contribution is 9.10. The van der Waals surface area contributed by atoms with Crippen molar-refractivity contribution in [1.29, 1.82) is 0 Å². The van der Waals surface area contributed by atoms with E-state index < -0.39 is 10.0 Å². The van der Waals surface area contributed by atoms with Gasteiger partial charge in [0.1, 0.15) is 5.69 Å². The molecule has 2 N–H and O–H groups in total. The zero-order chi connectivity index (χ0) is 19.3. The Morgan fingerprint density at radius 3 is 2.54 bits per heavy atom. The van der Waals surface area contributed by atoms with Gasteiger partial charge in [-0.15, -0.1) is 0 Å². The first-order chi connectivity index (χ1) is 12.3. The fourth-order valence-corrected chi connectivity index (χ4v) is 4.15. The molecule has 1 aromatic carbocycles. The number of aromatic nitrogens is 1. The van der Waals surface area contributed by atoms with Crippen LogP contribution in [0.3, 0.4) is 0 Å². The number of methoxy groups -OCH3 is 1. The second-order valence-electron chi connectivity index (χ2n) is 5.79. The standard InChI is InChI=1S/C17H22BrN3O4S/c1-4-21-10-13(18)9-16(21)17(22)19-14-5-7-15(8-6-14)26(23,24)20-12(2)11-25-3/h5-10,12,20H,4,11H2,1-3H3,(H,19,22). The number of hydrogen-bond acceptors (Lipinski definition) is 4. The summed E-state index contributed by atoms with van der Waals surface area (Å²) in [6, 6.07) is 7.41. The lowest BCUT2D eigenvalue weighted by Crippen LogP contribution is -2.35. The van der Waals surface area contributed by atoms with E-state index in [9.17, 15) is 13.2 Å². The van der Waals surface area contributed by atoms with E-state index >= 15 is 0 Å². The van der Waals surface area contributed by atoms with E-state index in [1.165, 1.54) is 19.2 Å². The Labute approximate surface area is 161 Å². The Balaban J connectivity index is 2.10. The summed E-state index contributed by atoms with van der Waals surface area (Å²) in [6.45, 7) is 4.61. The molecule has 0 aliphatic rings. The predicted octanol–water partition coefficient (Wildman–Crippen LogP) is 2.84. The third kappa shape index (κ3) is 5.16. The Hall–Kier alpha value is -1.68. The van der Waals surface area contributed by atoms with E-state index in [0.717, 1.165) is 4.47 Å². The maximum atomic E-state index is 12.4. The quantitative estimate of drug-likeness (QED) is 0.656. The van der Waals surface area contributed by atoms with Gasteiger partial charge in [-0.3, -0.25) is 4.79 Å². The van der Waals surface area contributed by atoms with Crippen molar-refractivity contribution in [3.8, 4) is 0 Å². The normalized spacial score (nSPS) is 12.8. The molecule has 2 aromatic rings. The van der Waals surface area contributed by atoms with E-state index in [1.54, 1.807) is 25.1 Å². The van der Waals surface area contributed by atoms with Gasteiger partial charge in [0.15, 0.2) is 0 Å². The van der Waals surface area contributed by atoms with Gasteiger partial charge < -0.3 is 14.6 Å². The first kappa shape index (κ1) is 20.6. The molecular weight excluding hydrogens is 422 g/mol. The molecule has 1 aromatic heterocycles. The number of rotatable bonds is 8. The lowest BCUT2D eigenvalue weighted by Gasteiger charge is -2.13. The number of amides is 1. The average molecular weight is 444 g/mol. The molecule has 9 heteroatoms. The summed E-state index contributed by atoms with van der Waals surface area (Å²) in [4.78, 5) is 12.5. The summed E-state index contributed by atoms with van der Waals surface area (Å²) >= 11 is 3.36. The average Bonchev–Trinajstić information content (AvgIpc) is 2.96. The highest BCUT2D eigenvalue weighted by Gasteiger charge is 2.18. The van der Waals surface area contributed by atoms with Crippen molar-refractivity contribution >= 4 is 37.5 Å². The lowest BCUT2D eigenvalue weighted by molar-refractivity contribution is 0.101. The predicted molar refractivity (Wildman–Crippen MR) is 104 cm³/mol. The number of halogens is 1. The molecule has 0 radical (unpaired) electrons. The van der Waals surface area contributed by atoms with Crippen LogP contribution in [0.5, 0.6) is 0 Å². The van der Waals surface area contributed by atoms with Crippen LogP contribution < -0.4 is 10.0 Å². The molecule has 7 nitrogen and oxygen atoms in total. The molecule has 1 heterocycles. The first-order valence-corrected chi connectivity index (χ1v) is 10.3. The topological polar surface area (TPSA) is 89.4 Å². The van der Waals surface area contributed by atoms with Crippen LogP contribution in [0.4, 0.5) is 5.69 Å². The molecule has 0 saturated heterocycles. The molecule has 142 valence electrons. The summed E-state index contributed by atoms with van der Waals surface area (Å²) in [5.41, 5.74) is 1.03. The SMILES string of the molecule is CCn1cc(Br)cc1C(=O)Nc1ccc(S(=O)(=O)NC(C)COC)cc1. The minimum Gasteiger partial charge on any atom is -0.383 e. The number of ether oxygens (including phenoxy) is 1. The first-order valence-electron chi connectivity index (χ1n) is 8.05. The monoisotopic (exact) mass is 443 g/mol. The van der Waals surface area contributed by atoms with E-state index in [4.69, 9.17) is 4.74 Å². The number of benzene rings is 1. The van der Waals surface area contributed by atoms with Crippen LogP contribution in [0.2, 0.25) is 0 Å². The summed E-state index contributed by atoms with van der Waals surface area (Å²) in [7, 11) is -2.13. The third-order valence-electron chi connectivity index (χ3n) is 3.63. The minimum absolute atomic E-state index is 0.123. The number of aryl methyl sites for hydroxylation is 1. The molecule has 1 amide bonds. The van der Waals surface area contributed by atoms with E-state index in [0.29, 0.717) is 17.9 Å². The highest BCUT2D eigenvalue weighted by Crippen LogP contribution is 2.18. The molecular formula is C17H22BrN3O4S. The largest absolute Gasteiger partial charge is 0.383 e. The fourth-order valence-electron chi connectivity index (χ4n) is 2.46. The number of anilines is 1. The van der Waals surface area contributed by atoms with Crippen molar-refractivity contribution < 1.29 is 17.9 Å². The Morgan fingerprint density at radius 2 is 1.96 bits per heavy atom. The molecule has 1 atom stereocenters. The van der Waals surface area contributed by atoms with Gasteiger partial charge in [-0.1, -0.05) is 0 Å². The Kier molecular flexibility index (Phi) is 6.99. The number of nitrogens with one attached hydrogen (secondary N) is 2. The zero-order valence-electron chi connectivity index (χ0n) is 14.8. The highest BCUT2D eigenvalue weighted by atomic mass is 79.9. The number of carbonyl (C=O) groups is 1. The van der Waals surface area contributed by atoms with Crippen molar-refractivity contribution in [3.63, 3.8) is 0 Å². The third-order valence-corrected chi connectivity index (χ3v) is 5.67. The number of sulfonamides is 1. The number of nitrogens with zero attached hydrogens (tertiary/aromatic N) is 1. The van der Waals surface area contributed by atoms with Gasteiger partial charge >= 0.3 is 0 Å². The van der Waals surface area contributed by atoms with Crippen molar-refractivity contribution in [2.45, 2.75) is 31.3 Å². The zero-order valence-corrected chi connectivity index (χ0v) is 17.2. The number of hydrogen-bond donors (Lipinski definition) is 2. The van der Waals surface area contributed by atoms with Gasteiger partial charge in [0.25, 0.3) is 5.91 Å². The number of carbonyl (C=O) groups excluding carboxylic acids is 1. The van der Waals surface area contributed by atoms with Gasteiger partial charge in [0, 0.05) is 36.1 Å². The van der Waals surface area contributed by atoms with Crippen molar-refractivity contribution in [2.75, 3.05) is 19.0 Å². The van der Waals surface area contributed by atoms with Gasteiger partial charge in [-0.2, -0.15) is 0 Å². The molecule has 0 aliphatic carbocycles. The fraction of sp³-hybridized carbons (Fsp3) is 0.353. The molecule has 1 unspecified atom stereocenters. The molecule has 2 rings (SSSR count). The van der Waals surface area contributed by atoms with E-state index in [1.807, 2.05) is 17.7 Å². The van der Waals surface area contributed by atoms with E-state index in [-0.39, 0.29) is 23.5 Å².